The average molecular weight is 243 g/mol. The third kappa shape index (κ3) is 1.88. The number of anilines is 1. The van der Waals surface area contributed by atoms with E-state index in [2.05, 4.69) is 25.3 Å². The number of halogens is 1. The van der Waals surface area contributed by atoms with Crippen LogP contribution in [0.3, 0.4) is 0 Å². The van der Waals surface area contributed by atoms with Gasteiger partial charge in [0, 0.05) is 12.1 Å². The summed E-state index contributed by atoms with van der Waals surface area (Å²) in [5.41, 5.74) is 1.88. The van der Waals surface area contributed by atoms with Crippen molar-refractivity contribution in [1.29, 1.82) is 0 Å². The van der Waals surface area contributed by atoms with Gasteiger partial charge in [-0.2, -0.15) is 0 Å². The summed E-state index contributed by atoms with van der Waals surface area (Å²) in [5.74, 6) is 0.349. The van der Waals surface area contributed by atoms with Crippen molar-refractivity contribution in [2.24, 2.45) is 0 Å². The predicted octanol–water partition coefficient (Wildman–Crippen LogP) is 2.10. The molecular formula is C12H10FN5. The minimum absolute atomic E-state index is 0.239. The summed E-state index contributed by atoms with van der Waals surface area (Å²) in [6.07, 6.45) is 2.98. The summed E-state index contributed by atoms with van der Waals surface area (Å²) < 4.78 is 13.5. The third-order valence-electron chi connectivity index (χ3n) is 2.62. The molecule has 2 N–H and O–H groups in total. The highest BCUT2D eigenvalue weighted by Gasteiger charge is 2.06. The molecule has 0 spiro atoms. The number of hydrogen-bond acceptors (Lipinski definition) is 4. The van der Waals surface area contributed by atoms with Crippen LogP contribution in [0.25, 0.3) is 11.2 Å². The fourth-order valence-corrected chi connectivity index (χ4v) is 1.71. The molecule has 0 saturated carbocycles. The maximum absolute atomic E-state index is 13.5. The summed E-state index contributed by atoms with van der Waals surface area (Å²) >= 11 is 0. The van der Waals surface area contributed by atoms with Crippen LogP contribution in [0, 0.1) is 5.82 Å². The van der Waals surface area contributed by atoms with Crippen molar-refractivity contribution in [3.05, 3.63) is 48.3 Å². The zero-order chi connectivity index (χ0) is 12.4. The van der Waals surface area contributed by atoms with Crippen LogP contribution in [0.1, 0.15) is 5.56 Å². The highest BCUT2D eigenvalue weighted by Crippen LogP contribution is 2.16. The summed E-state index contributed by atoms with van der Waals surface area (Å²) in [6, 6.07) is 6.62. The Hall–Kier alpha value is -2.50. The summed E-state index contributed by atoms with van der Waals surface area (Å²) in [4.78, 5) is 15.1. The van der Waals surface area contributed by atoms with Gasteiger partial charge in [-0.1, -0.05) is 18.2 Å². The van der Waals surface area contributed by atoms with Crippen molar-refractivity contribution in [3.63, 3.8) is 0 Å². The molecule has 18 heavy (non-hydrogen) atoms. The monoisotopic (exact) mass is 243 g/mol. The molecule has 0 saturated heterocycles. The van der Waals surface area contributed by atoms with Crippen LogP contribution >= 0.6 is 0 Å². The Morgan fingerprint density at radius 3 is 2.94 bits per heavy atom. The number of nitrogens with zero attached hydrogens (tertiary/aromatic N) is 3. The van der Waals surface area contributed by atoms with Gasteiger partial charge < -0.3 is 10.3 Å². The molecule has 6 heteroatoms. The molecule has 0 aliphatic heterocycles. The van der Waals surface area contributed by atoms with Crippen LogP contribution in [0.15, 0.2) is 36.9 Å². The van der Waals surface area contributed by atoms with Gasteiger partial charge in [0.25, 0.3) is 0 Å². The average Bonchev–Trinajstić information content (AvgIpc) is 2.86. The molecule has 90 valence electrons. The van der Waals surface area contributed by atoms with E-state index in [1.807, 2.05) is 0 Å². The number of fused-ring (bicyclic) bond motifs is 1. The van der Waals surface area contributed by atoms with E-state index in [4.69, 9.17) is 0 Å². The van der Waals surface area contributed by atoms with Gasteiger partial charge in [-0.15, -0.1) is 0 Å². The van der Waals surface area contributed by atoms with E-state index in [9.17, 15) is 4.39 Å². The van der Waals surface area contributed by atoms with Crippen LogP contribution in [0.5, 0.6) is 0 Å². The van der Waals surface area contributed by atoms with Gasteiger partial charge in [0.15, 0.2) is 11.5 Å². The molecule has 0 aliphatic rings. The number of H-pyrrole nitrogens is 1. The van der Waals surface area contributed by atoms with Crippen LogP contribution < -0.4 is 5.32 Å². The van der Waals surface area contributed by atoms with Gasteiger partial charge in [0.2, 0.25) is 0 Å². The molecule has 0 amide bonds. The Kier molecular flexibility index (Phi) is 2.60. The zero-order valence-electron chi connectivity index (χ0n) is 9.39. The van der Waals surface area contributed by atoms with E-state index in [0.29, 0.717) is 29.1 Å². The summed E-state index contributed by atoms with van der Waals surface area (Å²) in [6.45, 7) is 0.353. The minimum Gasteiger partial charge on any atom is -0.364 e. The number of aromatic amines is 1. The van der Waals surface area contributed by atoms with Gasteiger partial charge in [-0.3, -0.25) is 0 Å². The largest absolute Gasteiger partial charge is 0.364 e. The topological polar surface area (TPSA) is 66.5 Å². The Labute approximate surface area is 102 Å². The molecule has 0 fully saturated rings. The first-order valence-electron chi connectivity index (χ1n) is 5.46. The fourth-order valence-electron chi connectivity index (χ4n) is 1.71. The first-order chi connectivity index (χ1) is 8.84. The van der Waals surface area contributed by atoms with Crippen LogP contribution in [0.4, 0.5) is 10.2 Å². The Morgan fingerprint density at radius 2 is 2.06 bits per heavy atom. The Balaban J connectivity index is 1.85. The number of aromatic nitrogens is 4. The normalized spacial score (nSPS) is 10.7. The number of rotatable bonds is 3. The second-order valence-corrected chi connectivity index (χ2v) is 3.77. The highest BCUT2D eigenvalue weighted by atomic mass is 19.1. The number of benzene rings is 1. The van der Waals surface area contributed by atoms with Gasteiger partial charge in [0.05, 0.1) is 6.33 Å². The van der Waals surface area contributed by atoms with Crippen LogP contribution in [0.2, 0.25) is 0 Å². The molecule has 5 nitrogen and oxygen atoms in total. The lowest BCUT2D eigenvalue weighted by molar-refractivity contribution is 0.613. The summed E-state index contributed by atoms with van der Waals surface area (Å²) in [7, 11) is 0. The fraction of sp³-hybridized carbons (Fsp3) is 0.0833. The maximum Gasteiger partial charge on any atom is 0.162 e. The van der Waals surface area contributed by atoms with Crippen LogP contribution in [-0.4, -0.2) is 19.9 Å². The zero-order valence-corrected chi connectivity index (χ0v) is 9.39. The molecule has 1 aromatic carbocycles. The lowest BCUT2D eigenvalue weighted by Gasteiger charge is -2.06. The number of hydrogen-bond donors (Lipinski definition) is 2. The van der Waals surface area contributed by atoms with Crippen molar-refractivity contribution in [1.82, 2.24) is 19.9 Å². The molecular weight excluding hydrogens is 233 g/mol. The van der Waals surface area contributed by atoms with E-state index in [0.717, 1.165) is 0 Å². The molecule has 0 unspecified atom stereocenters. The first kappa shape index (κ1) is 10.6. The van der Waals surface area contributed by atoms with Gasteiger partial charge >= 0.3 is 0 Å². The molecule has 3 aromatic rings. The Bertz CT molecular complexity index is 679. The van der Waals surface area contributed by atoms with Gasteiger partial charge in [0.1, 0.15) is 17.7 Å². The first-order valence-corrected chi connectivity index (χ1v) is 5.46. The minimum atomic E-state index is -0.239. The molecule has 0 aliphatic carbocycles. The lowest BCUT2D eigenvalue weighted by atomic mass is 10.2. The van der Waals surface area contributed by atoms with Crippen molar-refractivity contribution < 1.29 is 4.39 Å². The standard InChI is InChI=1S/C12H10FN5/c13-9-4-2-1-3-8(9)5-14-11-10-12(16-6-15-10)18-7-17-11/h1-4,6-7H,5H2,(H2,14,15,16,17,18). The van der Waals surface area contributed by atoms with Crippen molar-refractivity contribution in [2.75, 3.05) is 5.32 Å². The maximum atomic E-state index is 13.5. The molecule has 0 bridgehead atoms. The molecule has 3 rings (SSSR count). The van der Waals surface area contributed by atoms with E-state index < -0.39 is 0 Å². The van der Waals surface area contributed by atoms with Gasteiger partial charge in [-0.05, 0) is 6.07 Å². The third-order valence-corrected chi connectivity index (χ3v) is 2.62. The molecule has 0 radical (unpaired) electrons. The second-order valence-electron chi connectivity index (χ2n) is 3.77. The molecule has 2 heterocycles. The second kappa shape index (κ2) is 4.40. The van der Waals surface area contributed by atoms with Crippen molar-refractivity contribution in [3.8, 4) is 0 Å². The SMILES string of the molecule is Fc1ccccc1CNc1ncnc2[nH]cnc12. The van der Waals surface area contributed by atoms with Crippen LogP contribution in [-0.2, 0) is 6.54 Å². The summed E-state index contributed by atoms with van der Waals surface area (Å²) in [5, 5.41) is 3.06. The lowest BCUT2D eigenvalue weighted by Crippen LogP contribution is -2.04. The quantitative estimate of drug-likeness (QED) is 0.739. The van der Waals surface area contributed by atoms with E-state index in [1.165, 1.54) is 12.4 Å². The number of imidazole rings is 1. The Morgan fingerprint density at radius 1 is 1.17 bits per heavy atom. The van der Waals surface area contributed by atoms with E-state index in [-0.39, 0.29) is 5.82 Å². The van der Waals surface area contributed by atoms with Gasteiger partial charge in [-0.25, -0.2) is 19.3 Å². The van der Waals surface area contributed by atoms with E-state index >= 15 is 0 Å². The predicted molar refractivity (Wildman–Crippen MR) is 65.4 cm³/mol. The van der Waals surface area contributed by atoms with Crippen molar-refractivity contribution in [2.45, 2.75) is 6.54 Å². The number of nitrogens with one attached hydrogen (secondary N) is 2. The molecule has 0 atom stereocenters. The highest BCUT2D eigenvalue weighted by molar-refractivity contribution is 5.81. The molecule has 2 aromatic heterocycles. The van der Waals surface area contributed by atoms with E-state index in [1.54, 1.807) is 24.5 Å². The van der Waals surface area contributed by atoms with Crippen molar-refractivity contribution >= 4 is 17.0 Å². The smallest absolute Gasteiger partial charge is 0.162 e.